The lowest BCUT2D eigenvalue weighted by Crippen LogP contribution is -2.28. The quantitative estimate of drug-likeness (QED) is 0.366. The van der Waals surface area contributed by atoms with Gasteiger partial charge >= 0.3 is 0 Å². The Balaban J connectivity index is 1.95. The zero-order chi connectivity index (χ0) is 17.4. The van der Waals surface area contributed by atoms with Crippen LogP contribution >= 0.6 is 0 Å². The number of aryl methyl sites for hydroxylation is 2. The molecule has 0 bridgehead atoms. The largest absolute Gasteiger partial charge is 0.352 e. The van der Waals surface area contributed by atoms with E-state index in [-0.39, 0.29) is 17.3 Å². The lowest BCUT2D eigenvalue weighted by molar-refractivity contribution is -0.121. The zero-order valence-electron chi connectivity index (χ0n) is 14.2. The normalized spacial score (nSPS) is 11.2. The molecular weight excluding hydrogens is 298 g/mol. The molecule has 3 nitrogen and oxygen atoms in total. The highest BCUT2D eigenvalue weighted by Crippen LogP contribution is 2.13. The SMILES string of the molecule is CC(=O)C(=Cc1ccccc1C)C(=O)NCCCc1ccccc1. The third-order valence-corrected chi connectivity index (χ3v) is 3.88. The summed E-state index contributed by atoms with van der Waals surface area (Å²) >= 11 is 0. The van der Waals surface area contributed by atoms with E-state index in [1.165, 1.54) is 12.5 Å². The number of amides is 1. The molecule has 124 valence electrons. The maximum atomic E-state index is 12.3. The molecule has 3 heteroatoms. The van der Waals surface area contributed by atoms with Crippen LogP contribution in [0.5, 0.6) is 0 Å². The van der Waals surface area contributed by atoms with E-state index < -0.39 is 0 Å². The van der Waals surface area contributed by atoms with Crippen molar-refractivity contribution in [2.45, 2.75) is 26.7 Å². The van der Waals surface area contributed by atoms with Gasteiger partial charge in [-0.05, 0) is 49.5 Å². The highest BCUT2D eigenvalue weighted by Gasteiger charge is 2.14. The summed E-state index contributed by atoms with van der Waals surface area (Å²) in [4.78, 5) is 24.1. The molecule has 0 spiro atoms. The van der Waals surface area contributed by atoms with Gasteiger partial charge in [-0.1, -0.05) is 54.6 Å². The van der Waals surface area contributed by atoms with Crippen molar-refractivity contribution in [2.75, 3.05) is 6.54 Å². The molecule has 2 rings (SSSR count). The predicted molar refractivity (Wildman–Crippen MR) is 97.6 cm³/mol. The molecule has 0 fully saturated rings. The minimum absolute atomic E-state index is 0.198. The van der Waals surface area contributed by atoms with Crippen molar-refractivity contribution in [3.8, 4) is 0 Å². The van der Waals surface area contributed by atoms with Crippen LogP contribution < -0.4 is 5.32 Å². The number of hydrogen-bond donors (Lipinski definition) is 1. The van der Waals surface area contributed by atoms with E-state index in [1.54, 1.807) is 6.08 Å². The van der Waals surface area contributed by atoms with Gasteiger partial charge in [0, 0.05) is 6.54 Å². The van der Waals surface area contributed by atoms with E-state index >= 15 is 0 Å². The third kappa shape index (κ3) is 5.20. The van der Waals surface area contributed by atoms with E-state index in [0.29, 0.717) is 6.54 Å². The van der Waals surface area contributed by atoms with Crippen molar-refractivity contribution in [1.82, 2.24) is 5.32 Å². The van der Waals surface area contributed by atoms with Crippen LogP contribution in [0.3, 0.4) is 0 Å². The molecule has 1 N–H and O–H groups in total. The Morgan fingerprint density at radius 2 is 1.67 bits per heavy atom. The summed E-state index contributed by atoms with van der Waals surface area (Å²) in [6, 6.07) is 17.8. The van der Waals surface area contributed by atoms with E-state index in [0.717, 1.165) is 24.0 Å². The van der Waals surface area contributed by atoms with Crippen LogP contribution in [-0.2, 0) is 16.0 Å². The number of carbonyl (C=O) groups is 2. The molecule has 0 atom stereocenters. The Bertz CT molecular complexity index is 733. The highest BCUT2D eigenvalue weighted by molar-refractivity contribution is 6.21. The van der Waals surface area contributed by atoms with Gasteiger partial charge in [0.2, 0.25) is 0 Å². The Morgan fingerprint density at radius 1 is 1.00 bits per heavy atom. The Morgan fingerprint density at radius 3 is 2.33 bits per heavy atom. The molecule has 0 radical (unpaired) electrons. The monoisotopic (exact) mass is 321 g/mol. The van der Waals surface area contributed by atoms with Gasteiger partial charge in [-0.3, -0.25) is 9.59 Å². The maximum Gasteiger partial charge on any atom is 0.254 e. The van der Waals surface area contributed by atoms with Crippen molar-refractivity contribution in [3.05, 3.63) is 76.9 Å². The van der Waals surface area contributed by atoms with Crippen LogP contribution in [0.15, 0.2) is 60.2 Å². The fraction of sp³-hybridized carbons (Fsp3) is 0.238. The van der Waals surface area contributed by atoms with Crippen molar-refractivity contribution in [1.29, 1.82) is 0 Å². The molecule has 2 aromatic rings. The first kappa shape index (κ1) is 17.7. The maximum absolute atomic E-state index is 12.3. The zero-order valence-corrected chi connectivity index (χ0v) is 14.2. The van der Waals surface area contributed by atoms with E-state index in [2.05, 4.69) is 17.4 Å². The van der Waals surface area contributed by atoms with Gasteiger partial charge in [-0.15, -0.1) is 0 Å². The summed E-state index contributed by atoms with van der Waals surface area (Å²) in [5, 5.41) is 2.85. The molecule has 2 aromatic carbocycles. The number of hydrogen-bond acceptors (Lipinski definition) is 2. The minimum Gasteiger partial charge on any atom is -0.352 e. The number of benzene rings is 2. The standard InChI is InChI=1S/C21H23NO2/c1-16-9-6-7-13-19(16)15-20(17(2)23)21(24)22-14-8-12-18-10-4-3-5-11-18/h3-7,9-11,13,15H,8,12,14H2,1-2H3,(H,22,24). The van der Waals surface area contributed by atoms with Gasteiger partial charge < -0.3 is 5.32 Å². The van der Waals surface area contributed by atoms with Crippen molar-refractivity contribution in [3.63, 3.8) is 0 Å². The van der Waals surface area contributed by atoms with Crippen molar-refractivity contribution >= 4 is 17.8 Å². The molecular formula is C21H23NO2. The Kier molecular flexibility index (Phi) is 6.50. The van der Waals surface area contributed by atoms with Crippen molar-refractivity contribution < 1.29 is 9.59 Å². The van der Waals surface area contributed by atoms with Gasteiger partial charge in [0.15, 0.2) is 5.78 Å². The van der Waals surface area contributed by atoms with Crippen LogP contribution in [0.1, 0.15) is 30.0 Å². The number of ketones is 1. The first-order valence-electron chi connectivity index (χ1n) is 8.18. The first-order chi connectivity index (χ1) is 11.6. The van der Waals surface area contributed by atoms with Crippen LogP contribution in [0.4, 0.5) is 0 Å². The molecule has 0 aliphatic heterocycles. The van der Waals surface area contributed by atoms with E-state index in [4.69, 9.17) is 0 Å². The van der Waals surface area contributed by atoms with E-state index in [1.807, 2.05) is 49.4 Å². The molecule has 0 saturated heterocycles. The molecule has 0 unspecified atom stereocenters. The lowest BCUT2D eigenvalue weighted by atomic mass is 10.0. The second-order valence-electron chi connectivity index (χ2n) is 5.82. The Labute approximate surface area is 143 Å². The van der Waals surface area contributed by atoms with Crippen LogP contribution in [0.2, 0.25) is 0 Å². The highest BCUT2D eigenvalue weighted by atomic mass is 16.2. The molecule has 0 saturated carbocycles. The summed E-state index contributed by atoms with van der Waals surface area (Å²) in [5.74, 6) is -0.530. The summed E-state index contributed by atoms with van der Waals surface area (Å²) in [7, 11) is 0. The van der Waals surface area contributed by atoms with Gasteiger partial charge in [0.25, 0.3) is 5.91 Å². The summed E-state index contributed by atoms with van der Waals surface area (Å²) in [6.07, 6.45) is 3.41. The smallest absolute Gasteiger partial charge is 0.254 e. The number of nitrogens with one attached hydrogen (secondary N) is 1. The first-order valence-corrected chi connectivity index (χ1v) is 8.18. The van der Waals surface area contributed by atoms with Gasteiger partial charge in [-0.2, -0.15) is 0 Å². The van der Waals surface area contributed by atoms with Gasteiger partial charge in [0.1, 0.15) is 0 Å². The molecule has 1 amide bonds. The lowest BCUT2D eigenvalue weighted by Gasteiger charge is -2.08. The van der Waals surface area contributed by atoms with Crippen LogP contribution in [0, 0.1) is 6.92 Å². The molecule has 24 heavy (non-hydrogen) atoms. The number of Topliss-reactive ketones (excluding diaryl/α,β-unsaturated/α-hetero) is 1. The molecule has 0 aliphatic carbocycles. The molecule has 0 heterocycles. The molecule has 0 aromatic heterocycles. The molecule has 0 aliphatic rings. The fourth-order valence-electron chi connectivity index (χ4n) is 2.47. The average Bonchev–Trinajstić information content (AvgIpc) is 2.58. The van der Waals surface area contributed by atoms with Crippen LogP contribution in [0.25, 0.3) is 6.08 Å². The Hall–Kier alpha value is -2.68. The number of carbonyl (C=O) groups excluding carboxylic acids is 2. The summed E-state index contributed by atoms with van der Waals surface area (Å²) in [5.41, 5.74) is 3.37. The minimum atomic E-state index is -0.307. The average molecular weight is 321 g/mol. The third-order valence-electron chi connectivity index (χ3n) is 3.88. The number of rotatable bonds is 7. The summed E-state index contributed by atoms with van der Waals surface area (Å²) in [6.45, 7) is 3.93. The topological polar surface area (TPSA) is 46.2 Å². The second kappa shape index (κ2) is 8.82. The fourth-order valence-corrected chi connectivity index (χ4v) is 2.47. The van der Waals surface area contributed by atoms with E-state index in [9.17, 15) is 9.59 Å². The second-order valence-corrected chi connectivity index (χ2v) is 5.82. The van der Waals surface area contributed by atoms with Gasteiger partial charge in [0.05, 0.1) is 5.57 Å². The van der Waals surface area contributed by atoms with Gasteiger partial charge in [-0.25, -0.2) is 0 Å². The van der Waals surface area contributed by atoms with Crippen molar-refractivity contribution in [2.24, 2.45) is 0 Å². The predicted octanol–water partition coefficient (Wildman–Crippen LogP) is 3.72. The van der Waals surface area contributed by atoms with Crippen LogP contribution in [-0.4, -0.2) is 18.2 Å². The summed E-state index contributed by atoms with van der Waals surface area (Å²) < 4.78 is 0.